The van der Waals surface area contributed by atoms with Gasteiger partial charge in [0.2, 0.25) is 5.91 Å². The van der Waals surface area contributed by atoms with Crippen LogP contribution < -0.4 is 0 Å². The van der Waals surface area contributed by atoms with E-state index in [1.807, 2.05) is 24.8 Å². The second-order valence-electron chi connectivity index (χ2n) is 6.18. The van der Waals surface area contributed by atoms with Gasteiger partial charge in [0.15, 0.2) is 0 Å². The lowest BCUT2D eigenvalue weighted by Gasteiger charge is -2.34. The van der Waals surface area contributed by atoms with E-state index in [4.69, 9.17) is 0 Å². The van der Waals surface area contributed by atoms with E-state index in [0.29, 0.717) is 44.7 Å². The van der Waals surface area contributed by atoms with Crippen LogP contribution in [0.2, 0.25) is 0 Å². The van der Waals surface area contributed by atoms with Gasteiger partial charge in [0.05, 0.1) is 5.69 Å². The minimum Gasteiger partial charge on any atom is -0.357 e. The third kappa shape index (κ3) is 3.34. The van der Waals surface area contributed by atoms with Crippen molar-refractivity contribution >= 4 is 11.8 Å². The molecule has 1 fully saturated rings. The molecule has 0 saturated carbocycles. The maximum absolute atomic E-state index is 12.4. The number of carbonyl (C=O) groups excluding carboxylic acids is 2. The molecule has 7 nitrogen and oxygen atoms in total. The third-order valence-corrected chi connectivity index (χ3v) is 4.68. The van der Waals surface area contributed by atoms with Crippen LogP contribution in [0.4, 0.5) is 0 Å². The molecule has 1 saturated heterocycles. The standard InChI is InChI=1S/C17H23N5O2/c1-12-13(2)19-20-14(12)5-6-16(23)21-8-10-22(11-9-21)17(24)15-4-3-7-18-15/h3-4,7,18H,5-6,8-11H2,1-2H3,(H,19,20). The van der Waals surface area contributed by atoms with E-state index >= 15 is 0 Å². The zero-order valence-electron chi connectivity index (χ0n) is 14.1. The Morgan fingerprint density at radius 3 is 2.46 bits per heavy atom. The molecule has 0 bridgehead atoms. The molecule has 1 aliphatic heterocycles. The molecular weight excluding hydrogens is 306 g/mol. The minimum absolute atomic E-state index is 0.00489. The highest BCUT2D eigenvalue weighted by atomic mass is 16.2. The Balaban J connectivity index is 1.48. The number of aryl methyl sites for hydroxylation is 2. The summed E-state index contributed by atoms with van der Waals surface area (Å²) in [7, 11) is 0. The average molecular weight is 329 g/mol. The lowest BCUT2D eigenvalue weighted by molar-refractivity contribution is -0.132. The first-order valence-corrected chi connectivity index (χ1v) is 8.27. The molecule has 0 aliphatic carbocycles. The van der Waals surface area contributed by atoms with Crippen LogP contribution >= 0.6 is 0 Å². The Morgan fingerprint density at radius 2 is 1.88 bits per heavy atom. The van der Waals surface area contributed by atoms with Crippen LogP contribution in [0.25, 0.3) is 0 Å². The maximum Gasteiger partial charge on any atom is 0.270 e. The summed E-state index contributed by atoms with van der Waals surface area (Å²) in [6.07, 6.45) is 2.85. The summed E-state index contributed by atoms with van der Waals surface area (Å²) in [6.45, 7) is 6.32. The number of rotatable bonds is 4. The van der Waals surface area contributed by atoms with Gasteiger partial charge in [0, 0.05) is 50.9 Å². The number of aromatic amines is 2. The van der Waals surface area contributed by atoms with Crippen molar-refractivity contribution in [1.29, 1.82) is 0 Å². The molecule has 24 heavy (non-hydrogen) atoms. The van der Waals surface area contributed by atoms with E-state index < -0.39 is 0 Å². The first-order chi connectivity index (χ1) is 11.6. The molecule has 1 aliphatic rings. The number of aromatic nitrogens is 3. The summed E-state index contributed by atoms with van der Waals surface area (Å²) in [5.41, 5.74) is 3.73. The zero-order chi connectivity index (χ0) is 17.1. The van der Waals surface area contributed by atoms with Gasteiger partial charge in [-0.3, -0.25) is 14.7 Å². The Labute approximate surface area is 141 Å². The van der Waals surface area contributed by atoms with Gasteiger partial charge < -0.3 is 14.8 Å². The molecule has 0 spiro atoms. The molecule has 128 valence electrons. The number of hydrogen-bond acceptors (Lipinski definition) is 3. The molecule has 0 atom stereocenters. The monoisotopic (exact) mass is 329 g/mol. The summed E-state index contributed by atoms with van der Waals surface area (Å²) in [5.74, 6) is 0.122. The highest BCUT2D eigenvalue weighted by molar-refractivity contribution is 5.92. The van der Waals surface area contributed by atoms with Crippen LogP contribution in [-0.4, -0.2) is 63.0 Å². The number of nitrogens with zero attached hydrogens (tertiary/aromatic N) is 3. The highest BCUT2D eigenvalue weighted by Gasteiger charge is 2.25. The lowest BCUT2D eigenvalue weighted by atomic mass is 10.1. The fourth-order valence-electron chi connectivity index (χ4n) is 2.95. The Morgan fingerprint density at radius 1 is 1.17 bits per heavy atom. The molecular formula is C17H23N5O2. The van der Waals surface area contributed by atoms with Crippen LogP contribution in [0.3, 0.4) is 0 Å². The summed E-state index contributed by atoms with van der Waals surface area (Å²) < 4.78 is 0. The molecule has 2 aromatic heterocycles. The van der Waals surface area contributed by atoms with Crippen molar-refractivity contribution in [3.8, 4) is 0 Å². The van der Waals surface area contributed by atoms with Crippen molar-refractivity contribution in [1.82, 2.24) is 25.0 Å². The minimum atomic E-state index is -0.00489. The maximum atomic E-state index is 12.4. The lowest BCUT2D eigenvalue weighted by Crippen LogP contribution is -2.50. The Hall–Kier alpha value is -2.57. The molecule has 3 heterocycles. The molecule has 3 rings (SSSR count). The number of hydrogen-bond donors (Lipinski definition) is 2. The van der Waals surface area contributed by atoms with Gasteiger partial charge in [0.1, 0.15) is 5.69 Å². The smallest absolute Gasteiger partial charge is 0.270 e. The summed E-state index contributed by atoms with van der Waals surface area (Å²) in [5, 5.41) is 7.19. The molecule has 2 N–H and O–H groups in total. The normalized spacial score (nSPS) is 14.9. The fourth-order valence-corrected chi connectivity index (χ4v) is 2.95. The molecule has 2 amide bonds. The van der Waals surface area contributed by atoms with E-state index in [-0.39, 0.29) is 11.8 Å². The van der Waals surface area contributed by atoms with Crippen LogP contribution in [0.1, 0.15) is 33.9 Å². The van der Waals surface area contributed by atoms with Gasteiger partial charge >= 0.3 is 0 Å². The molecule has 2 aromatic rings. The number of nitrogens with one attached hydrogen (secondary N) is 2. The highest BCUT2D eigenvalue weighted by Crippen LogP contribution is 2.13. The molecule has 7 heteroatoms. The van der Waals surface area contributed by atoms with Crippen LogP contribution in [0.5, 0.6) is 0 Å². The fraction of sp³-hybridized carbons (Fsp3) is 0.471. The summed E-state index contributed by atoms with van der Waals surface area (Å²) >= 11 is 0. The van der Waals surface area contributed by atoms with E-state index in [1.165, 1.54) is 0 Å². The first-order valence-electron chi connectivity index (χ1n) is 8.27. The Bertz CT molecular complexity index is 711. The van der Waals surface area contributed by atoms with E-state index in [9.17, 15) is 9.59 Å². The van der Waals surface area contributed by atoms with Crippen molar-refractivity contribution in [3.05, 3.63) is 41.0 Å². The summed E-state index contributed by atoms with van der Waals surface area (Å²) in [4.78, 5) is 31.2. The van der Waals surface area contributed by atoms with Gasteiger partial charge in [-0.25, -0.2) is 0 Å². The second kappa shape index (κ2) is 6.90. The van der Waals surface area contributed by atoms with Crippen LogP contribution in [0.15, 0.2) is 18.3 Å². The van der Waals surface area contributed by atoms with Crippen molar-refractivity contribution in [3.63, 3.8) is 0 Å². The van der Waals surface area contributed by atoms with E-state index in [0.717, 1.165) is 17.0 Å². The van der Waals surface area contributed by atoms with Gasteiger partial charge in [-0.1, -0.05) is 0 Å². The van der Waals surface area contributed by atoms with Crippen molar-refractivity contribution < 1.29 is 9.59 Å². The molecule has 0 aromatic carbocycles. The van der Waals surface area contributed by atoms with E-state index in [1.54, 1.807) is 17.2 Å². The average Bonchev–Trinajstić information content (AvgIpc) is 3.24. The molecule has 0 radical (unpaired) electrons. The van der Waals surface area contributed by atoms with Crippen LogP contribution in [0, 0.1) is 13.8 Å². The predicted octanol–water partition coefficient (Wildman–Crippen LogP) is 1.27. The van der Waals surface area contributed by atoms with Gasteiger partial charge in [-0.05, 0) is 31.5 Å². The SMILES string of the molecule is Cc1[nH]nc(CCC(=O)N2CCN(C(=O)c3ccc[nH]3)CC2)c1C. The largest absolute Gasteiger partial charge is 0.357 e. The topological polar surface area (TPSA) is 85.1 Å². The summed E-state index contributed by atoms with van der Waals surface area (Å²) in [6, 6.07) is 3.58. The Kier molecular flexibility index (Phi) is 4.69. The van der Waals surface area contributed by atoms with Crippen molar-refractivity contribution in [2.45, 2.75) is 26.7 Å². The number of H-pyrrole nitrogens is 2. The van der Waals surface area contributed by atoms with Gasteiger partial charge in [-0.15, -0.1) is 0 Å². The second-order valence-corrected chi connectivity index (χ2v) is 6.18. The predicted molar refractivity (Wildman–Crippen MR) is 89.7 cm³/mol. The third-order valence-electron chi connectivity index (χ3n) is 4.68. The van der Waals surface area contributed by atoms with Crippen LogP contribution in [-0.2, 0) is 11.2 Å². The first kappa shape index (κ1) is 16.3. The number of piperazine rings is 1. The van der Waals surface area contributed by atoms with Gasteiger partial charge in [-0.2, -0.15) is 5.10 Å². The number of carbonyl (C=O) groups is 2. The van der Waals surface area contributed by atoms with E-state index in [2.05, 4.69) is 15.2 Å². The van der Waals surface area contributed by atoms with Crippen molar-refractivity contribution in [2.75, 3.05) is 26.2 Å². The quantitative estimate of drug-likeness (QED) is 0.886. The van der Waals surface area contributed by atoms with Crippen molar-refractivity contribution in [2.24, 2.45) is 0 Å². The molecule has 0 unspecified atom stereocenters. The van der Waals surface area contributed by atoms with Gasteiger partial charge in [0.25, 0.3) is 5.91 Å². The number of amides is 2. The zero-order valence-corrected chi connectivity index (χ0v) is 14.1.